The standard InChI is InChI=1S/C15H10BrNO2S/c1-19-12-4-2-10(3-5-12)15(18)11(9-17)8-13-6-7-14(16)20-13/h2-8H,1H3/b11-8+. The first-order valence-electron chi connectivity index (χ1n) is 5.70. The highest BCUT2D eigenvalue weighted by Gasteiger charge is 2.12. The van der Waals surface area contributed by atoms with E-state index in [-0.39, 0.29) is 11.4 Å². The molecule has 0 aliphatic rings. The molecule has 2 aromatic rings. The lowest BCUT2D eigenvalue weighted by Gasteiger charge is -2.01. The third-order valence-electron chi connectivity index (χ3n) is 2.60. The highest BCUT2D eigenvalue weighted by molar-refractivity contribution is 9.11. The van der Waals surface area contributed by atoms with E-state index in [0.717, 1.165) is 8.66 Å². The van der Waals surface area contributed by atoms with Gasteiger partial charge < -0.3 is 4.74 Å². The van der Waals surface area contributed by atoms with Gasteiger partial charge in [0.25, 0.3) is 0 Å². The van der Waals surface area contributed by atoms with E-state index in [1.54, 1.807) is 37.5 Å². The van der Waals surface area contributed by atoms with Crippen LogP contribution in [0.25, 0.3) is 6.08 Å². The average Bonchev–Trinajstić information content (AvgIpc) is 2.89. The number of halogens is 1. The number of carbonyl (C=O) groups excluding carboxylic acids is 1. The second-order valence-electron chi connectivity index (χ2n) is 3.87. The molecule has 0 radical (unpaired) electrons. The quantitative estimate of drug-likeness (QED) is 0.470. The summed E-state index contributed by atoms with van der Waals surface area (Å²) in [5.41, 5.74) is 0.582. The van der Waals surface area contributed by atoms with Crippen LogP contribution >= 0.6 is 27.3 Å². The number of benzene rings is 1. The number of ether oxygens (including phenoxy) is 1. The molecule has 0 amide bonds. The monoisotopic (exact) mass is 347 g/mol. The number of allylic oxidation sites excluding steroid dienone is 1. The summed E-state index contributed by atoms with van der Waals surface area (Å²) >= 11 is 4.82. The van der Waals surface area contributed by atoms with E-state index in [2.05, 4.69) is 15.9 Å². The van der Waals surface area contributed by atoms with E-state index < -0.39 is 0 Å². The van der Waals surface area contributed by atoms with Crippen LogP contribution < -0.4 is 4.74 Å². The summed E-state index contributed by atoms with van der Waals surface area (Å²) in [5.74, 6) is 0.380. The van der Waals surface area contributed by atoms with E-state index in [1.165, 1.54) is 11.3 Å². The van der Waals surface area contributed by atoms with Gasteiger partial charge in [-0.15, -0.1) is 11.3 Å². The first-order chi connectivity index (χ1) is 9.63. The maximum absolute atomic E-state index is 12.2. The molecule has 0 spiro atoms. The van der Waals surface area contributed by atoms with Crippen molar-refractivity contribution in [3.05, 3.63) is 56.2 Å². The van der Waals surface area contributed by atoms with Crippen LogP contribution in [-0.4, -0.2) is 12.9 Å². The summed E-state index contributed by atoms with van der Waals surface area (Å²) in [6, 6.07) is 12.4. The molecule has 0 saturated heterocycles. The van der Waals surface area contributed by atoms with Gasteiger partial charge in [0.15, 0.2) is 0 Å². The minimum atomic E-state index is -0.292. The molecular weight excluding hydrogens is 338 g/mol. The normalized spacial score (nSPS) is 10.9. The van der Waals surface area contributed by atoms with Gasteiger partial charge in [0.2, 0.25) is 5.78 Å². The van der Waals surface area contributed by atoms with Crippen molar-refractivity contribution in [3.63, 3.8) is 0 Å². The lowest BCUT2D eigenvalue weighted by Crippen LogP contribution is -2.01. The van der Waals surface area contributed by atoms with E-state index in [0.29, 0.717) is 11.3 Å². The van der Waals surface area contributed by atoms with Gasteiger partial charge in [-0.25, -0.2) is 0 Å². The van der Waals surface area contributed by atoms with Gasteiger partial charge in [-0.1, -0.05) is 0 Å². The predicted molar refractivity (Wildman–Crippen MR) is 82.9 cm³/mol. The highest BCUT2D eigenvalue weighted by Crippen LogP contribution is 2.25. The molecule has 0 atom stereocenters. The van der Waals surface area contributed by atoms with Crippen molar-refractivity contribution in [2.45, 2.75) is 0 Å². The molecule has 0 N–H and O–H groups in total. The Hall–Kier alpha value is -1.90. The van der Waals surface area contributed by atoms with Gasteiger partial charge in [-0.2, -0.15) is 5.26 Å². The van der Waals surface area contributed by atoms with Crippen molar-refractivity contribution in [3.8, 4) is 11.8 Å². The summed E-state index contributed by atoms with van der Waals surface area (Å²) in [5, 5.41) is 9.16. The molecule has 20 heavy (non-hydrogen) atoms. The molecule has 1 aromatic carbocycles. The average molecular weight is 348 g/mol. The summed E-state index contributed by atoms with van der Waals surface area (Å²) in [6.45, 7) is 0. The first-order valence-corrected chi connectivity index (χ1v) is 7.31. The number of hydrogen-bond donors (Lipinski definition) is 0. The maximum atomic E-state index is 12.2. The van der Waals surface area contributed by atoms with Gasteiger partial charge in [-0.05, 0) is 58.4 Å². The summed E-state index contributed by atoms with van der Waals surface area (Å²) in [7, 11) is 1.56. The van der Waals surface area contributed by atoms with Crippen molar-refractivity contribution in [2.75, 3.05) is 7.11 Å². The molecular formula is C15H10BrNO2S. The Morgan fingerprint density at radius 1 is 1.30 bits per heavy atom. The Morgan fingerprint density at radius 2 is 2.00 bits per heavy atom. The van der Waals surface area contributed by atoms with Gasteiger partial charge in [0.05, 0.1) is 10.9 Å². The van der Waals surface area contributed by atoms with Crippen LogP contribution in [0.4, 0.5) is 0 Å². The van der Waals surface area contributed by atoms with Gasteiger partial charge >= 0.3 is 0 Å². The van der Waals surface area contributed by atoms with E-state index in [1.807, 2.05) is 18.2 Å². The Balaban J connectivity index is 2.29. The summed E-state index contributed by atoms with van der Waals surface area (Å²) in [4.78, 5) is 13.1. The largest absolute Gasteiger partial charge is 0.497 e. The fourth-order valence-corrected chi connectivity index (χ4v) is 2.96. The zero-order valence-corrected chi connectivity index (χ0v) is 13.0. The minimum absolute atomic E-state index is 0.115. The summed E-state index contributed by atoms with van der Waals surface area (Å²) in [6.07, 6.45) is 1.60. The van der Waals surface area contributed by atoms with Crippen molar-refractivity contribution in [2.24, 2.45) is 0 Å². The topological polar surface area (TPSA) is 50.1 Å². The molecule has 0 unspecified atom stereocenters. The molecule has 0 aliphatic carbocycles. The van der Waals surface area contributed by atoms with E-state index in [9.17, 15) is 4.79 Å². The molecule has 3 nitrogen and oxygen atoms in total. The zero-order chi connectivity index (χ0) is 14.5. The Labute approximate surface area is 129 Å². The van der Waals surface area contributed by atoms with Crippen LogP contribution in [0, 0.1) is 11.3 Å². The lowest BCUT2D eigenvalue weighted by molar-refractivity contribution is 0.104. The van der Waals surface area contributed by atoms with Crippen LogP contribution in [0.5, 0.6) is 5.75 Å². The molecule has 0 fully saturated rings. The number of ketones is 1. The molecule has 0 bridgehead atoms. The molecule has 0 aliphatic heterocycles. The molecule has 0 saturated carbocycles. The second-order valence-corrected chi connectivity index (χ2v) is 6.36. The van der Waals surface area contributed by atoms with Crippen LogP contribution in [0.15, 0.2) is 45.8 Å². The molecule has 1 aromatic heterocycles. The Kier molecular flexibility index (Phi) is 4.72. The van der Waals surface area contributed by atoms with Crippen molar-refractivity contribution in [1.29, 1.82) is 5.26 Å². The van der Waals surface area contributed by atoms with Gasteiger partial charge in [0, 0.05) is 10.4 Å². The number of nitrogens with zero attached hydrogens (tertiary/aromatic N) is 1. The second kappa shape index (κ2) is 6.51. The van der Waals surface area contributed by atoms with Crippen LogP contribution in [0.1, 0.15) is 15.2 Å². The van der Waals surface area contributed by atoms with Crippen LogP contribution in [0.3, 0.4) is 0 Å². The molecule has 2 rings (SSSR count). The number of Topliss-reactive ketones (excluding diaryl/α,β-unsaturated/α-hetero) is 1. The smallest absolute Gasteiger partial charge is 0.203 e. The minimum Gasteiger partial charge on any atom is -0.497 e. The van der Waals surface area contributed by atoms with Crippen LogP contribution in [0.2, 0.25) is 0 Å². The molecule has 1 heterocycles. The SMILES string of the molecule is COc1ccc(C(=O)/C(C#N)=C/c2ccc(Br)s2)cc1. The fraction of sp³-hybridized carbons (Fsp3) is 0.0667. The maximum Gasteiger partial charge on any atom is 0.203 e. The Morgan fingerprint density at radius 3 is 2.50 bits per heavy atom. The van der Waals surface area contributed by atoms with E-state index in [4.69, 9.17) is 10.00 Å². The number of carbonyl (C=O) groups is 1. The lowest BCUT2D eigenvalue weighted by atomic mass is 10.0. The number of nitriles is 1. The van der Waals surface area contributed by atoms with Crippen molar-refractivity contribution in [1.82, 2.24) is 0 Å². The fourth-order valence-electron chi connectivity index (χ4n) is 1.59. The van der Waals surface area contributed by atoms with E-state index >= 15 is 0 Å². The van der Waals surface area contributed by atoms with Crippen molar-refractivity contribution >= 4 is 39.1 Å². The third-order valence-corrected chi connectivity index (χ3v) is 4.17. The Bertz CT molecular complexity index is 695. The zero-order valence-electron chi connectivity index (χ0n) is 10.6. The summed E-state index contributed by atoms with van der Waals surface area (Å²) < 4.78 is 6.00. The van der Waals surface area contributed by atoms with Gasteiger partial charge in [0.1, 0.15) is 17.4 Å². The van der Waals surface area contributed by atoms with Crippen molar-refractivity contribution < 1.29 is 9.53 Å². The number of methoxy groups -OCH3 is 1. The predicted octanol–water partition coefficient (Wildman–Crippen LogP) is 4.31. The number of thiophene rings is 1. The highest BCUT2D eigenvalue weighted by atomic mass is 79.9. The molecule has 5 heteroatoms. The van der Waals surface area contributed by atoms with Gasteiger partial charge in [-0.3, -0.25) is 4.79 Å². The number of rotatable bonds is 4. The first kappa shape index (κ1) is 14.5. The number of hydrogen-bond acceptors (Lipinski definition) is 4. The molecule has 100 valence electrons. The third kappa shape index (κ3) is 3.35. The van der Waals surface area contributed by atoms with Crippen LogP contribution in [-0.2, 0) is 0 Å².